The zero-order valence-corrected chi connectivity index (χ0v) is 12.8. The van der Waals surface area contributed by atoms with Crippen molar-refractivity contribution in [3.63, 3.8) is 0 Å². The van der Waals surface area contributed by atoms with Crippen molar-refractivity contribution in [2.75, 3.05) is 50.5 Å². The van der Waals surface area contributed by atoms with Crippen LogP contribution in [0, 0.1) is 0 Å². The smallest absolute Gasteiger partial charge is 0.0573 e. The third-order valence-corrected chi connectivity index (χ3v) is 3.08. The van der Waals surface area contributed by atoms with Gasteiger partial charge in [0.05, 0.1) is 23.8 Å². The van der Waals surface area contributed by atoms with Gasteiger partial charge in [-0.25, -0.2) is 0 Å². The summed E-state index contributed by atoms with van der Waals surface area (Å²) >= 11 is 0. The lowest BCUT2D eigenvalue weighted by atomic mass is 10.3. The Hall–Kier alpha value is -1.29. The van der Waals surface area contributed by atoms with Crippen molar-refractivity contribution in [3.05, 3.63) is 18.5 Å². The Kier molecular flexibility index (Phi) is 7.26. The minimum Gasteiger partial charge on any atom is -0.384 e. The lowest BCUT2D eigenvalue weighted by Crippen LogP contribution is -2.27. The number of nitrogens with one attached hydrogen (secondary N) is 1. The van der Waals surface area contributed by atoms with Crippen LogP contribution in [0.2, 0.25) is 0 Å². The van der Waals surface area contributed by atoms with E-state index in [1.807, 2.05) is 12.4 Å². The van der Waals surface area contributed by atoms with Crippen molar-refractivity contribution in [3.8, 4) is 0 Å². The summed E-state index contributed by atoms with van der Waals surface area (Å²) in [5.41, 5.74) is 2.33. The first-order valence-electron chi connectivity index (χ1n) is 7.26. The molecule has 108 valence electrons. The molecule has 0 saturated carbocycles. The van der Waals surface area contributed by atoms with Crippen molar-refractivity contribution in [2.24, 2.45) is 0 Å². The first-order valence-corrected chi connectivity index (χ1v) is 7.26. The first-order chi connectivity index (χ1) is 9.17. The van der Waals surface area contributed by atoms with Crippen LogP contribution in [0.5, 0.6) is 0 Å². The van der Waals surface area contributed by atoms with Crippen LogP contribution in [0.1, 0.15) is 26.7 Å². The maximum atomic E-state index is 4.33. The standard InChI is InChI=1S/C15H28N4/c1-5-8-17-14-11-15(13-16-12-14)19(6-2)10-7-9-18(3)4/h11-13,17H,5-10H2,1-4H3. The molecule has 0 amide bonds. The topological polar surface area (TPSA) is 31.4 Å². The van der Waals surface area contributed by atoms with Gasteiger partial charge in [0.15, 0.2) is 0 Å². The highest BCUT2D eigenvalue weighted by atomic mass is 15.1. The number of pyridine rings is 1. The Morgan fingerprint density at radius 3 is 2.58 bits per heavy atom. The van der Waals surface area contributed by atoms with Crippen LogP contribution in [0.15, 0.2) is 18.5 Å². The number of nitrogens with zero attached hydrogens (tertiary/aromatic N) is 3. The van der Waals surface area contributed by atoms with E-state index in [-0.39, 0.29) is 0 Å². The van der Waals surface area contributed by atoms with E-state index >= 15 is 0 Å². The molecule has 0 saturated heterocycles. The summed E-state index contributed by atoms with van der Waals surface area (Å²) in [6.45, 7) is 8.58. The average Bonchev–Trinajstić information content (AvgIpc) is 2.41. The van der Waals surface area contributed by atoms with Crippen molar-refractivity contribution in [1.29, 1.82) is 0 Å². The third kappa shape index (κ3) is 5.92. The molecule has 0 bridgehead atoms. The Morgan fingerprint density at radius 2 is 1.95 bits per heavy atom. The molecule has 0 unspecified atom stereocenters. The van der Waals surface area contributed by atoms with Gasteiger partial charge in [0.25, 0.3) is 0 Å². The molecule has 1 aromatic heterocycles. The second kappa shape index (κ2) is 8.75. The minimum absolute atomic E-state index is 0.998. The molecule has 1 heterocycles. The van der Waals surface area contributed by atoms with Gasteiger partial charge >= 0.3 is 0 Å². The van der Waals surface area contributed by atoms with Gasteiger partial charge in [0, 0.05) is 19.6 Å². The van der Waals surface area contributed by atoms with Crippen LogP contribution in [0.3, 0.4) is 0 Å². The van der Waals surface area contributed by atoms with E-state index in [2.05, 4.69) is 54.1 Å². The Bertz CT molecular complexity index is 352. The summed E-state index contributed by atoms with van der Waals surface area (Å²) in [7, 11) is 4.24. The Balaban J connectivity index is 2.58. The van der Waals surface area contributed by atoms with Gasteiger partial charge in [0.1, 0.15) is 0 Å². The third-order valence-electron chi connectivity index (χ3n) is 3.08. The highest BCUT2D eigenvalue weighted by Gasteiger charge is 2.05. The van der Waals surface area contributed by atoms with E-state index in [1.54, 1.807) is 0 Å². The molecule has 0 aliphatic heterocycles. The molecular weight excluding hydrogens is 236 g/mol. The van der Waals surface area contributed by atoms with Crippen LogP contribution in [0.4, 0.5) is 11.4 Å². The molecule has 0 fully saturated rings. The van der Waals surface area contributed by atoms with Gasteiger partial charge in [-0.15, -0.1) is 0 Å². The lowest BCUT2D eigenvalue weighted by Gasteiger charge is -2.24. The quantitative estimate of drug-likeness (QED) is 0.743. The van der Waals surface area contributed by atoms with Gasteiger partial charge in [-0.05, 0) is 46.5 Å². The van der Waals surface area contributed by atoms with Crippen LogP contribution < -0.4 is 10.2 Å². The molecule has 1 N–H and O–H groups in total. The fourth-order valence-electron chi connectivity index (χ4n) is 2.01. The summed E-state index contributed by atoms with van der Waals surface area (Å²) < 4.78 is 0. The summed E-state index contributed by atoms with van der Waals surface area (Å²) in [6.07, 6.45) is 6.15. The molecule has 1 rings (SSSR count). The normalized spacial score (nSPS) is 10.8. The van der Waals surface area contributed by atoms with E-state index in [1.165, 1.54) is 12.1 Å². The highest BCUT2D eigenvalue weighted by molar-refractivity contribution is 5.55. The van der Waals surface area contributed by atoms with E-state index < -0.39 is 0 Å². The summed E-state index contributed by atoms with van der Waals surface area (Å²) in [6, 6.07) is 2.20. The van der Waals surface area contributed by atoms with Crippen LogP contribution in [-0.2, 0) is 0 Å². The summed E-state index contributed by atoms with van der Waals surface area (Å²) in [5, 5.41) is 3.39. The van der Waals surface area contributed by atoms with E-state index in [9.17, 15) is 0 Å². The van der Waals surface area contributed by atoms with Crippen molar-refractivity contribution >= 4 is 11.4 Å². The Morgan fingerprint density at radius 1 is 1.16 bits per heavy atom. The average molecular weight is 264 g/mol. The number of rotatable bonds is 9. The molecule has 0 radical (unpaired) electrons. The molecule has 4 heteroatoms. The maximum Gasteiger partial charge on any atom is 0.0573 e. The fourth-order valence-corrected chi connectivity index (χ4v) is 2.01. The first kappa shape index (κ1) is 15.8. The summed E-state index contributed by atoms with van der Waals surface area (Å²) in [5.74, 6) is 0. The summed E-state index contributed by atoms with van der Waals surface area (Å²) in [4.78, 5) is 8.95. The number of anilines is 2. The SMILES string of the molecule is CCCNc1cncc(N(CC)CCCN(C)C)c1. The zero-order chi connectivity index (χ0) is 14.1. The lowest BCUT2D eigenvalue weighted by molar-refractivity contribution is 0.400. The zero-order valence-electron chi connectivity index (χ0n) is 12.8. The van der Waals surface area contributed by atoms with Gasteiger partial charge < -0.3 is 15.1 Å². The molecule has 0 atom stereocenters. The predicted octanol–water partition coefficient (Wildman–Crippen LogP) is 2.68. The number of aromatic nitrogens is 1. The van der Waals surface area contributed by atoms with Crippen molar-refractivity contribution in [2.45, 2.75) is 26.7 Å². The molecule has 0 spiro atoms. The highest BCUT2D eigenvalue weighted by Crippen LogP contribution is 2.18. The maximum absolute atomic E-state index is 4.33. The van der Waals surface area contributed by atoms with Crippen LogP contribution in [0.25, 0.3) is 0 Å². The second-order valence-electron chi connectivity index (χ2n) is 5.10. The molecular formula is C15H28N4. The molecule has 1 aromatic rings. The van der Waals surface area contributed by atoms with E-state index in [4.69, 9.17) is 0 Å². The van der Waals surface area contributed by atoms with E-state index in [0.29, 0.717) is 0 Å². The minimum atomic E-state index is 0.998. The molecule has 0 aliphatic carbocycles. The van der Waals surface area contributed by atoms with Gasteiger partial charge in [-0.2, -0.15) is 0 Å². The van der Waals surface area contributed by atoms with Gasteiger partial charge in [-0.1, -0.05) is 6.92 Å². The Labute approximate surface area is 117 Å². The van der Waals surface area contributed by atoms with E-state index in [0.717, 1.165) is 38.3 Å². The monoisotopic (exact) mass is 264 g/mol. The molecule has 4 nitrogen and oxygen atoms in total. The van der Waals surface area contributed by atoms with Crippen molar-refractivity contribution < 1.29 is 0 Å². The molecule has 0 aromatic carbocycles. The molecule has 0 aliphatic rings. The molecule has 19 heavy (non-hydrogen) atoms. The van der Waals surface area contributed by atoms with Crippen LogP contribution in [-0.4, -0.2) is 50.2 Å². The van der Waals surface area contributed by atoms with Gasteiger partial charge in [-0.3, -0.25) is 4.98 Å². The van der Waals surface area contributed by atoms with Gasteiger partial charge in [0.2, 0.25) is 0 Å². The van der Waals surface area contributed by atoms with Crippen LogP contribution >= 0.6 is 0 Å². The largest absolute Gasteiger partial charge is 0.384 e. The number of hydrogen-bond donors (Lipinski definition) is 1. The number of hydrogen-bond acceptors (Lipinski definition) is 4. The predicted molar refractivity (Wildman–Crippen MR) is 84.1 cm³/mol. The van der Waals surface area contributed by atoms with Crippen molar-refractivity contribution in [1.82, 2.24) is 9.88 Å². The fraction of sp³-hybridized carbons (Fsp3) is 0.667. The second-order valence-corrected chi connectivity index (χ2v) is 5.10.